The molecular formula is C38H46N2O9S2. The summed E-state index contributed by atoms with van der Waals surface area (Å²) in [5, 5.41) is 0. The molecule has 51 heavy (non-hydrogen) atoms. The maximum absolute atomic E-state index is 12.7. The summed E-state index contributed by atoms with van der Waals surface area (Å²) >= 11 is 1.69. The number of carbonyl (C=O) groups is 2. The Bertz CT molecular complexity index is 1930. The fraction of sp³-hybridized carbons (Fsp3) is 0.368. The third kappa shape index (κ3) is 12.0. The minimum atomic E-state index is -0.957. The van der Waals surface area contributed by atoms with Gasteiger partial charge in [0.2, 0.25) is 0 Å². The fourth-order valence-corrected chi connectivity index (χ4v) is 5.74. The number of rotatable bonds is 16. The summed E-state index contributed by atoms with van der Waals surface area (Å²) in [5.74, 6) is 3.23. The van der Waals surface area contributed by atoms with Crippen molar-refractivity contribution in [2.45, 2.75) is 40.8 Å². The number of nitrogens with zero attached hydrogens (tertiary/aromatic N) is 2. The Morgan fingerprint density at radius 1 is 0.647 bits per heavy atom. The Kier molecular flexibility index (Phi) is 15.8. The van der Waals surface area contributed by atoms with Crippen LogP contribution in [-0.4, -0.2) is 76.4 Å². The van der Waals surface area contributed by atoms with E-state index in [9.17, 15) is 23.4 Å². The van der Waals surface area contributed by atoms with Gasteiger partial charge in [-0.25, -0.2) is 0 Å². The molecule has 11 nitrogen and oxygen atoms in total. The van der Waals surface area contributed by atoms with Gasteiger partial charge < -0.3 is 28.1 Å². The standard InChI is InChI=1S/C19H23NO5S.C19H23NO4S/c1-13-9-16(21)10-14(2)20(13)12-17(22)15-5-6-18(24-3)19(11-15)25-7-8-26(4)23;1-13-9-16(21)10-14(2)20(13)12-17(22)15-5-6-18(23-3)19(11-15)24-7-8-25-4/h5-6,9-11H,7-8,12H2,1-4H3;5-6,9-11H,7-8,12H2,1-4H3. The molecule has 0 saturated carbocycles. The van der Waals surface area contributed by atoms with Gasteiger partial charge in [0.25, 0.3) is 0 Å². The molecular weight excluding hydrogens is 693 g/mol. The van der Waals surface area contributed by atoms with Gasteiger partial charge in [0.15, 0.2) is 45.4 Å². The van der Waals surface area contributed by atoms with Gasteiger partial charge in [-0.1, -0.05) is 0 Å². The number of ketones is 2. The van der Waals surface area contributed by atoms with Crippen LogP contribution in [0.1, 0.15) is 43.5 Å². The van der Waals surface area contributed by atoms with Crippen LogP contribution in [0, 0.1) is 27.7 Å². The second kappa shape index (κ2) is 19.7. The Morgan fingerprint density at radius 3 is 1.39 bits per heavy atom. The van der Waals surface area contributed by atoms with Crippen molar-refractivity contribution in [2.24, 2.45) is 0 Å². The van der Waals surface area contributed by atoms with Crippen molar-refractivity contribution in [3.63, 3.8) is 0 Å². The zero-order valence-electron chi connectivity index (χ0n) is 30.4. The summed E-state index contributed by atoms with van der Waals surface area (Å²) in [5.41, 5.74) is 3.92. The first-order valence-electron chi connectivity index (χ1n) is 16.1. The highest BCUT2D eigenvalue weighted by atomic mass is 32.2. The molecule has 2 heterocycles. The lowest BCUT2D eigenvalue weighted by Gasteiger charge is -2.15. The van der Waals surface area contributed by atoms with Crippen molar-refractivity contribution in [3.05, 3.63) is 115 Å². The lowest BCUT2D eigenvalue weighted by Crippen LogP contribution is -2.18. The monoisotopic (exact) mass is 738 g/mol. The number of thioether (sulfide) groups is 1. The first-order chi connectivity index (χ1) is 24.3. The highest BCUT2D eigenvalue weighted by Gasteiger charge is 2.15. The van der Waals surface area contributed by atoms with Gasteiger partial charge in [-0.15, -0.1) is 0 Å². The number of Topliss-reactive ketones (excluding diaryl/α,β-unsaturated/α-hetero) is 2. The summed E-state index contributed by atoms with van der Waals surface area (Å²) < 4.78 is 36.7. The molecule has 0 radical (unpaired) electrons. The number of aromatic nitrogens is 2. The van der Waals surface area contributed by atoms with Crippen molar-refractivity contribution in [1.29, 1.82) is 0 Å². The maximum Gasteiger partial charge on any atom is 0.182 e. The average Bonchev–Trinajstić information content (AvgIpc) is 3.08. The molecule has 274 valence electrons. The summed E-state index contributed by atoms with van der Waals surface area (Å²) in [7, 11) is 2.14. The van der Waals surface area contributed by atoms with Crippen molar-refractivity contribution in [1.82, 2.24) is 9.13 Å². The van der Waals surface area contributed by atoms with Gasteiger partial charge in [-0.2, -0.15) is 11.8 Å². The third-order valence-electron chi connectivity index (χ3n) is 7.86. The third-order valence-corrected chi connectivity index (χ3v) is 9.17. The second-order valence-corrected chi connectivity index (χ2v) is 14.2. The molecule has 2 aromatic carbocycles. The summed E-state index contributed by atoms with van der Waals surface area (Å²) in [6.45, 7) is 8.38. The fourth-order valence-electron chi connectivity index (χ4n) is 5.17. The lowest BCUT2D eigenvalue weighted by molar-refractivity contribution is 0.0962. The van der Waals surface area contributed by atoms with Crippen LogP contribution < -0.4 is 29.8 Å². The molecule has 4 aromatic rings. The van der Waals surface area contributed by atoms with E-state index >= 15 is 0 Å². The van der Waals surface area contributed by atoms with E-state index in [2.05, 4.69) is 0 Å². The number of hydrogen-bond donors (Lipinski definition) is 0. The second-order valence-electron chi connectivity index (χ2n) is 11.7. The summed E-state index contributed by atoms with van der Waals surface area (Å²) in [4.78, 5) is 48.4. The Hall–Kier alpha value is -4.62. The van der Waals surface area contributed by atoms with Crippen LogP contribution in [0.5, 0.6) is 23.0 Å². The van der Waals surface area contributed by atoms with Crippen molar-refractivity contribution in [2.75, 3.05) is 51.5 Å². The predicted molar refractivity (Wildman–Crippen MR) is 203 cm³/mol. The molecule has 0 aliphatic rings. The number of methoxy groups -OCH3 is 2. The van der Waals surface area contributed by atoms with Gasteiger partial charge in [0.05, 0.1) is 46.3 Å². The SMILES string of the molecule is COc1ccc(C(=O)Cn2c(C)cc(=O)cc2C)cc1OCCS(C)=O.COc1ccc(C(=O)Cn2c(C)cc(=O)cc2C)cc1OCCSC. The van der Waals surface area contributed by atoms with Crippen molar-refractivity contribution >= 4 is 34.1 Å². The lowest BCUT2D eigenvalue weighted by atomic mass is 10.1. The molecule has 0 fully saturated rings. The van der Waals surface area contributed by atoms with Crippen LogP contribution in [0.15, 0.2) is 70.3 Å². The molecule has 13 heteroatoms. The maximum atomic E-state index is 12.7. The number of ether oxygens (including phenoxy) is 4. The summed E-state index contributed by atoms with van der Waals surface area (Å²) in [6.07, 6.45) is 3.62. The normalized spacial score (nSPS) is 11.2. The van der Waals surface area contributed by atoms with Crippen molar-refractivity contribution < 1.29 is 32.7 Å². The van der Waals surface area contributed by atoms with E-state index in [1.165, 1.54) is 31.4 Å². The van der Waals surface area contributed by atoms with E-state index in [1.54, 1.807) is 79.9 Å². The van der Waals surface area contributed by atoms with Crippen LogP contribution in [-0.2, 0) is 23.9 Å². The molecule has 0 N–H and O–H groups in total. The van der Waals surface area contributed by atoms with Gasteiger partial charge in [-0.3, -0.25) is 23.4 Å². The molecule has 0 aliphatic carbocycles. The summed E-state index contributed by atoms with van der Waals surface area (Å²) in [6, 6.07) is 16.3. The zero-order chi connectivity index (χ0) is 37.7. The van der Waals surface area contributed by atoms with E-state index in [0.717, 1.165) is 28.5 Å². The largest absolute Gasteiger partial charge is 0.493 e. The van der Waals surface area contributed by atoms with Crippen LogP contribution >= 0.6 is 11.8 Å². The molecule has 1 unspecified atom stereocenters. The van der Waals surface area contributed by atoms with Crippen LogP contribution in [0.2, 0.25) is 0 Å². The number of pyridine rings is 2. The minimum Gasteiger partial charge on any atom is -0.493 e. The first kappa shape index (κ1) is 40.8. The molecule has 2 aromatic heterocycles. The number of aryl methyl sites for hydroxylation is 4. The van der Waals surface area contributed by atoms with Crippen molar-refractivity contribution in [3.8, 4) is 23.0 Å². The van der Waals surface area contributed by atoms with E-state index in [0.29, 0.717) is 46.5 Å². The average molecular weight is 739 g/mol. The molecule has 4 rings (SSSR count). The van der Waals surface area contributed by atoms with E-state index in [-0.39, 0.29) is 42.1 Å². The highest BCUT2D eigenvalue weighted by Crippen LogP contribution is 2.30. The van der Waals surface area contributed by atoms with Gasteiger partial charge in [0, 0.05) is 81.0 Å². The van der Waals surface area contributed by atoms with Gasteiger partial charge >= 0.3 is 0 Å². The van der Waals surface area contributed by atoms with Gasteiger partial charge in [0.1, 0.15) is 0 Å². The molecule has 0 amide bonds. The van der Waals surface area contributed by atoms with Crippen LogP contribution in [0.4, 0.5) is 0 Å². The van der Waals surface area contributed by atoms with Gasteiger partial charge in [-0.05, 0) is 70.3 Å². The zero-order valence-corrected chi connectivity index (χ0v) is 32.0. The van der Waals surface area contributed by atoms with E-state index in [4.69, 9.17) is 18.9 Å². The quantitative estimate of drug-likeness (QED) is 0.112. The number of carbonyl (C=O) groups excluding carboxylic acids is 2. The molecule has 1 atom stereocenters. The number of benzene rings is 2. The molecule has 0 aliphatic heterocycles. The highest BCUT2D eigenvalue weighted by molar-refractivity contribution is 7.98. The van der Waals surface area contributed by atoms with Crippen LogP contribution in [0.3, 0.4) is 0 Å². The minimum absolute atomic E-state index is 0.0485. The topological polar surface area (TPSA) is 132 Å². The Labute approximate surface area is 305 Å². The Balaban J connectivity index is 0.000000276. The van der Waals surface area contributed by atoms with E-state index in [1.807, 2.05) is 24.7 Å². The smallest absolute Gasteiger partial charge is 0.182 e. The first-order valence-corrected chi connectivity index (χ1v) is 19.2. The Morgan fingerprint density at radius 2 is 1.04 bits per heavy atom. The predicted octanol–water partition coefficient (Wildman–Crippen LogP) is 5.21. The molecule has 0 bridgehead atoms. The molecule has 0 saturated heterocycles. The molecule has 0 spiro atoms. The van der Waals surface area contributed by atoms with E-state index < -0.39 is 10.8 Å². The van der Waals surface area contributed by atoms with Crippen LogP contribution in [0.25, 0.3) is 0 Å². The number of hydrogen-bond acceptors (Lipinski definition) is 10.